The van der Waals surface area contributed by atoms with Crippen LogP contribution < -0.4 is 15.7 Å². The summed E-state index contributed by atoms with van der Waals surface area (Å²) in [7, 11) is -1.67. The summed E-state index contributed by atoms with van der Waals surface area (Å²) in [6, 6.07) is 25.9. The van der Waals surface area contributed by atoms with Crippen molar-refractivity contribution in [2.45, 2.75) is 13.0 Å². The minimum Gasteiger partial charge on any atom is -0.465 e. The molecule has 1 atom stereocenters. The molecule has 3 aromatic rings. The maximum Gasteiger partial charge on any atom is 0.337 e. The van der Waals surface area contributed by atoms with Gasteiger partial charge in [-0.15, -0.1) is 0 Å². The molecule has 0 bridgehead atoms. The van der Waals surface area contributed by atoms with E-state index < -0.39 is 7.29 Å². The average Bonchev–Trinajstić information content (AvgIpc) is 2.74. The number of methoxy groups -OCH3 is 1. The van der Waals surface area contributed by atoms with E-state index >= 15 is 0 Å². The van der Waals surface area contributed by atoms with Gasteiger partial charge in [-0.2, -0.15) is 0 Å². The van der Waals surface area contributed by atoms with Crippen molar-refractivity contribution in [1.29, 1.82) is 0 Å². The molecule has 0 spiro atoms. The predicted molar refractivity (Wildman–Crippen MR) is 109 cm³/mol. The first-order chi connectivity index (χ1) is 13.0. The molecule has 0 radical (unpaired) electrons. The van der Waals surface area contributed by atoms with Crippen molar-refractivity contribution >= 4 is 23.9 Å². The van der Waals surface area contributed by atoms with Crippen molar-refractivity contribution in [3.05, 3.63) is 96.1 Å². The second-order valence-corrected chi connectivity index (χ2v) is 8.75. The zero-order valence-corrected chi connectivity index (χ0v) is 16.2. The fourth-order valence-corrected chi connectivity index (χ4v) is 5.42. The smallest absolute Gasteiger partial charge is 0.337 e. The molecule has 0 amide bonds. The fourth-order valence-electron chi connectivity index (χ4n) is 2.95. The third kappa shape index (κ3) is 4.19. The molecule has 0 saturated carbocycles. The number of rotatable bonds is 6. The van der Waals surface area contributed by atoms with Crippen molar-refractivity contribution in [3.8, 4) is 0 Å². The highest BCUT2D eigenvalue weighted by molar-refractivity contribution is 7.76. The van der Waals surface area contributed by atoms with E-state index in [0.717, 1.165) is 16.2 Å². The lowest BCUT2D eigenvalue weighted by atomic mass is 10.1. The third-order valence-electron chi connectivity index (χ3n) is 4.45. The van der Waals surface area contributed by atoms with Crippen LogP contribution in [-0.4, -0.2) is 13.1 Å². The molecule has 4 nitrogen and oxygen atoms in total. The van der Waals surface area contributed by atoms with E-state index in [4.69, 9.17) is 4.74 Å². The van der Waals surface area contributed by atoms with Crippen LogP contribution in [0, 0.1) is 0 Å². The lowest BCUT2D eigenvalue weighted by molar-refractivity contribution is 0.0600. The molecule has 0 heterocycles. The molecular weight excluding hydrogens is 357 g/mol. The summed E-state index contributed by atoms with van der Waals surface area (Å²) in [4.78, 5) is 11.6. The molecule has 1 N–H and O–H groups in total. The van der Waals surface area contributed by atoms with Crippen LogP contribution in [0.2, 0.25) is 0 Å². The normalized spacial score (nSPS) is 12.4. The molecule has 0 aliphatic carbocycles. The van der Waals surface area contributed by atoms with Crippen LogP contribution in [0.3, 0.4) is 0 Å². The van der Waals surface area contributed by atoms with Gasteiger partial charge in [0.25, 0.3) is 0 Å². The first-order valence-corrected chi connectivity index (χ1v) is 10.4. The van der Waals surface area contributed by atoms with E-state index in [1.807, 2.05) is 79.7 Å². The van der Waals surface area contributed by atoms with Crippen LogP contribution in [-0.2, 0) is 9.30 Å². The number of esters is 1. The molecule has 0 aliphatic rings. The van der Waals surface area contributed by atoms with E-state index in [9.17, 15) is 9.36 Å². The monoisotopic (exact) mass is 379 g/mol. The maximum atomic E-state index is 14.0. The van der Waals surface area contributed by atoms with Crippen molar-refractivity contribution in [2.75, 3.05) is 7.11 Å². The van der Waals surface area contributed by atoms with Gasteiger partial charge >= 0.3 is 5.97 Å². The van der Waals surface area contributed by atoms with E-state index in [0.29, 0.717) is 5.56 Å². The summed E-state index contributed by atoms with van der Waals surface area (Å²) in [5, 5.41) is 4.86. The second-order valence-electron chi connectivity index (χ2n) is 6.24. The second kappa shape index (κ2) is 8.34. The molecule has 27 heavy (non-hydrogen) atoms. The Labute approximate surface area is 159 Å². The minimum atomic E-state index is -3.02. The summed E-state index contributed by atoms with van der Waals surface area (Å²) in [6.45, 7) is 1.96. The zero-order valence-electron chi connectivity index (χ0n) is 15.3. The number of carbonyl (C=O) groups is 1. The summed E-state index contributed by atoms with van der Waals surface area (Å²) >= 11 is 0. The van der Waals surface area contributed by atoms with Crippen LogP contribution in [0.15, 0.2) is 84.9 Å². The summed E-state index contributed by atoms with van der Waals surface area (Å²) in [5.41, 5.74) is 1.43. The fraction of sp³-hybridized carbons (Fsp3) is 0.136. The largest absolute Gasteiger partial charge is 0.465 e. The van der Waals surface area contributed by atoms with Gasteiger partial charge in [0.1, 0.15) is 0 Å². The Bertz CT molecular complexity index is 897. The average molecular weight is 379 g/mol. The molecule has 0 aliphatic heterocycles. The van der Waals surface area contributed by atoms with E-state index in [2.05, 4.69) is 5.09 Å². The topological polar surface area (TPSA) is 55.4 Å². The van der Waals surface area contributed by atoms with Gasteiger partial charge in [-0.3, -0.25) is 9.65 Å². The highest BCUT2D eigenvalue weighted by Crippen LogP contribution is 2.41. The maximum absolute atomic E-state index is 14.0. The number of carbonyl (C=O) groups excluding carboxylic acids is 1. The Morgan fingerprint density at radius 1 is 0.852 bits per heavy atom. The molecule has 3 aromatic carbocycles. The SMILES string of the molecule is COC(=O)c1ccc([C@@H](C)NP(=O)(c2ccccc2)c2ccccc2)cc1. The molecule has 138 valence electrons. The first-order valence-electron chi connectivity index (χ1n) is 8.72. The van der Waals surface area contributed by atoms with Crippen molar-refractivity contribution in [2.24, 2.45) is 0 Å². The number of ether oxygens (including phenoxy) is 1. The van der Waals surface area contributed by atoms with Crippen molar-refractivity contribution in [1.82, 2.24) is 5.09 Å². The Morgan fingerprint density at radius 2 is 1.33 bits per heavy atom. The summed E-state index contributed by atoms with van der Waals surface area (Å²) < 4.78 is 18.8. The molecule has 0 unspecified atom stereocenters. The highest BCUT2D eigenvalue weighted by atomic mass is 31.2. The minimum absolute atomic E-state index is 0.178. The number of hydrogen-bond acceptors (Lipinski definition) is 3. The molecule has 0 saturated heterocycles. The van der Waals surface area contributed by atoms with Crippen molar-refractivity contribution < 1.29 is 14.1 Å². The Balaban J connectivity index is 1.93. The summed E-state index contributed by atoms with van der Waals surface area (Å²) in [5.74, 6) is -0.374. The third-order valence-corrected chi connectivity index (χ3v) is 7.25. The number of nitrogens with one attached hydrogen (secondary N) is 1. The van der Waals surface area contributed by atoms with E-state index in [-0.39, 0.29) is 12.0 Å². The standard InChI is InChI=1S/C22H22NO3P/c1-17(18-13-15-19(16-14-18)22(24)26-2)23-27(25,20-9-5-3-6-10-20)21-11-7-4-8-12-21/h3-17H,1-2H3,(H,23,25)/t17-/m1/s1. The molecule has 5 heteroatoms. The molecular formula is C22H22NO3P. The molecule has 3 rings (SSSR count). The van der Waals surface area contributed by atoms with Gasteiger partial charge in [-0.05, 0) is 48.9 Å². The van der Waals surface area contributed by atoms with E-state index in [1.165, 1.54) is 7.11 Å². The van der Waals surface area contributed by atoms with Gasteiger partial charge in [0.2, 0.25) is 7.29 Å². The lowest BCUT2D eigenvalue weighted by Crippen LogP contribution is -2.29. The molecule has 0 aromatic heterocycles. The van der Waals surface area contributed by atoms with Crippen LogP contribution in [0.1, 0.15) is 28.9 Å². The summed E-state index contributed by atoms with van der Waals surface area (Å²) in [6.07, 6.45) is 0. The Kier molecular flexibility index (Phi) is 5.90. The highest BCUT2D eigenvalue weighted by Gasteiger charge is 2.29. The van der Waals surface area contributed by atoms with Crippen molar-refractivity contribution in [3.63, 3.8) is 0 Å². The van der Waals surface area contributed by atoms with Crippen LogP contribution in [0.25, 0.3) is 0 Å². The lowest BCUT2D eigenvalue weighted by Gasteiger charge is -2.25. The first kappa shape index (κ1) is 19.1. The van der Waals surface area contributed by atoms with Gasteiger partial charge in [-0.1, -0.05) is 48.5 Å². The van der Waals surface area contributed by atoms with Gasteiger partial charge < -0.3 is 4.74 Å². The van der Waals surface area contributed by atoms with Crippen LogP contribution in [0.5, 0.6) is 0 Å². The number of hydrogen-bond donors (Lipinski definition) is 1. The van der Waals surface area contributed by atoms with Gasteiger partial charge in [0.05, 0.1) is 12.7 Å². The number of benzene rings is 3. The Hall–Kier alpha value is -2.68. The van der Waals surface area contributed by atoms with Gasteiger partial charge in [0, 0.05) is 16.7 Å². The van der Waals surface area contributed by atoms with Crippen LogP contribution >= 0.6 is 7.29 Å². The Morgan fingerprint density at radius 3 is 1.78 bits per heavy atom. The predicted octanol–water partition coefficient (Wildman–Crippen LogP) is 4.05. The molecule has 0 fully saturated rings. The van der Waals surface area contributed by atoms with E-state index in [1.54, 1.807) is 12.1 Å². The van der Waals surface area contributed by atoms with Gasteiger partial charge in [-0.25, -0.2) is 4.79 Å². The van der Waals surface area contributed by atoms with Crippen LogP contribution in [0.4, 0.5) is 0 Å². The zero-order chi connectivity index (χ0) is 19.3. The van der Waals surface area contributed by atoms with Gasteiger partial charge in [0.15, 0.2) is 0 Å². The quantitative estimate of drug-likeness (QED) is 0.519.